The predicted octanol–water partition coefficient (Wildman–Crippen LogP) is 2.33. The molecule has 0 amide bonds. The molecule has 0 aliphatic rings. The van der Waals surface area contributed by atoms with Crippen LogP contribution in [-0.4, -0.2) is 16.5 Å². The van der Waals surface area contributed by atoms with Gasteiger partial charge >= 0.3 is 0 Å². The number of nitrogens with zero attached hydrogens (tertiary/aromatic N) is 3. The van der Waals surface area contributed by atoms with Crippen LogP contribution >= 0.6 is 0 Å². The van der Waals surface area contributed by atoms with Gasteiger partial charge in [-0.25, -0.2) is 9.97 Å². The van der Waals surface area contributed by atoms with Crippen molar-refractivity contribution in [2.45, 2.75) is 13.5 Å². The molecule has 0 saturated carbocycles. The summed E-state index contributed by atoms with van der Waals surface area (Å²) in [6.07, 6.45) is 1.47. The van der Waals surface area contributed by atoms with Crippen LogP contribution in [0, 0.1) is 18.3 Å². The average Bonchev–Trinajstić information content (AvgIpc) is 2.45. The molecule has 96 valence electrons. The molecule has 0 aliphatic carbocycles. The topological polar surface area (TPSA) is 73.6 Å². The van der Waals surface area contributed by atoms with Crippen LogP contribution in [0.2, 0.25) is 0 Å². The van der Waals surface area contributed by atoms with E-state index in [9.17, 15) is 0 Å². The van der Waals surface area contributed by atoms with Crippen molar-refractivity contribution >= 4 is 11.6 Å². The van der Waals surface area contributed by atoms with Gasteiger partial charge in [-0.1, -0.05) is 24.3 Å². The van der Waals surface area contributed by atoms with E-state index in [1.807, 2.05) is 18.2 Å². The molecule has 1 aromatic carbocycles. The van der Waals surface area contributed by atoms with E-state index in [2.05, 4.69) is 39.7 Å². The molecule has 5 heteroatoms. The monoisotopic (exact) mass is 253 g/mol. The van der Waals surface area contributed by atoms with Crippen molar-refractivity contribution in [3.8, 4) is 6.07 Å². The maximum Gasteiger partial charge on any atom is 0.132 e. The van der Waals surface area contributed by atoms with Crippen molar-refractivity contribution in [3.63, 3.8) is 0 Å². The summed E-state index contributed by atoms with van der Waals surface area (Å²) in [4.78, 5) is 8.18. The Morgan fingerprint density at radius 2 is 1.89 bits per heavy atom. The highest BCUT2D eigenvalue weighted by Crippen LogP contribution is 2.12. The van der Waals surface area contributed by atoms with Gasteiger partial charge in [0, 0.05) is 12.6 Å². The van der Waals surface area contributed by atoms with Gasteiger partial charge in [0.1, 0.15) is 24.5 Å². The summed E-state index contributed by atoms with van der Waals surface area (Å²) in [5.74, 6) is 1.38. The van der Waals surface area contributed by atoms with Gasteiger partial charge in [-0.3, -0.25) is 0 Å². The molecule has 0 bridgehead atoms. The maximum absolute atomic E-state index is 8.51. The lowest BCUT2D eigenvalue weighted by molar-refractivity contribution is 1.06. The lowest BCUT2D eigenvalue weighted by Gasteiger charge is -2.09. The van der Waals surface area contributed by atoms with Crippen LogP contribution in [0.3, 0.4) is 0 Å². The maximum atomic E-state index is 8.51. The number of hydrogen-bond donors (Lipinski definition) is 2. The molecular weight excluding hydrogens is 238 g/mol. The summed E-state index contributed by atoms with van der Waals surface area (Å²) in [7, 11) is 0. The Labute approximate surface area is 112 Å². The van der Waals surface area contributed by atoms with Crippen LogP contribution < -0.4 is 10.6 Å². The number of aryl methyl sites for hydroxylation is 1. The van der Waals surface area contributed by atoms with E-state index in [0.717, 1.165) is 5.82 Å². The number of rotatable bonds is 5. The van der Waals surface area contributed by atoms with Crippen molar-refractivity contribution in [1.82, 2.24) is 9.97 Å². The Morgan fingerprint density at radius 3 is 2.63 bits per heavy atom. The lowest BCUT2D eigenvalue weighted by atomic mass is 10.1. The first-order valence-electron chi connectivity index (χ1n) is 6.01. The van der Waals surface area contributed by atoms with Crippen LogP contribution in [0.15, 0.2) is 36.7 Å². The Kier molecular flexibility index (Phi) is 4.29. The lowest BCUT2D eigenvalue weighted by Crippen LogP contribution is -2.05. The Bertz CT molecular complexity index is 588. The van der Waals surface area contributed by atoms with Gasteiger partial charge in [0.25, 0.3) is 0 Å². The normalized spacial score (nSPS) is 9.68. The minimum Gasteiger partial charge on any atom is -0.366 e. The molecule has 0 fully saturated rings. The Balaban J connectivity index is 2.00. The summed E-state index contributed by atoms with van der Waals surface area (Å²) in [6, 6.07) is 12.0. The van der Waals surface area contributed by atoms with Crippen molar-refractivity contribution in [2.24, 2.45) is 0 Å². The molecule has 5 nitrogen and oxygen atoms in total. The highest BCUT2D eigenvalue weighted by atomic mass is 15.1. The third-order valence-corrected chi connectivity index (χ3v) is 2.74. The van der Waals surface area contributed by atoms with Gasteiger partial charge in [0.05, 0.1) is 6.07 Å². The second-order valence-electron chi connectivity index (χ2n) is 4.08. The summed E-state index contributed by atoms with van der Waals surface area (Å²) in [5.41, 5.74) is 2.47. The average molecular weight is 253 g/mol. The van der Waals surface area contributed by atoms with E-state index in [1.54, 1.807) is 6.07 Å². The second-order valence-corrected chi connectivity index (χ2v) is 4.08. The third kappa shape index (κ3) is 3.68. The summed E-state index contributed by atoms with van der Waals surface area (Å²) in [5, 5.41) is 14.6. The van der Waals surface area contributed by atoms with Crippen LogP contribution in [0.4, 0.5) is 11.6 Å². The standard InChI is InChI=1S/C14H15N5/c1-11-4-2-3-5-12(11)9-17-14-8-13(16-7-6-15)18-10-19-14/h2-5,8,10H,7,9H2,1H3,(H2,16,17,18,19). The Hall–Kier alpha value is -2.61. The van der Waals surface area contributed by atoms with Crippen molar-refractivity contribution < 1.29 is 0 Å². The number of nitriles is 1. The van der Waals surface area contributed by atoms with Crippen molar-refractivity contribution in [1.29, 1.82) is 5.26 Å². The highest BCUT2D eigenvalue weighted by molar-refractivity contribution is 5.47. The molecule has 0 saturated heterocycles. The number of aromatic nitrogens is 2. The van der Waals surface area contributed by atoms with Gasteiger partial charge in [-0.15, -0.1) is 0 Å². The van der Waals surface area contributed by atoms with E-state index >= 15 is 0 Å². The Morgan fingerprint density at radius 1 is 1.16 bits per heavy atom. The number of nitrogens with one attached hydrogen (secondary N) is 2. The molecule has 2 N–H and O–H groups in total. The summed E-state index contributed by atoms with van der Waals surface area (Å²) >= 11 is 0. The van der Waals surface area contributed by atoms with E-state index < -0.39 is 0 Å². The quantitative estimate of drug-likeness (QED) is 0.800. The van der Waals surface area contributed by atoms with Gasteiger partial charge < -0.3 is 10.6 Å². The van der Waals surface area contributed by atoms with Gasteiger partial charge in [0.15, 0.2) is 0 Å². The van der Waals surface area contributed by atoms with E-state index in [1.165, 1.54) is 17.5 Å². The van der Waals surface area contributed by atoms with Gasteiger partial charge in [-0.05, 0) is 18.1 Å². The molecule has 2 aromatic rings. The first-order valence-corrected chi connectivity index (χ1v) is 6.01. The fraction of sp³-hybridized carbons (Fsp3) is 0.214. The van der Waals surface area contributed by atoms with E-state index in [4.69, 9.17) is 5.26 Å². The largest absolute Gasteiger partial charge is 0.366 e. The zero-order valence-electron chi connectivity index (χ0n) is 10.7. The van der Waals surface area contributed by atoms with Crippen LogP contribution in [0.1, 0.15) is 11.1 Å². The van der Waals surface area contributed by atoms with Crippen LogP contribution in [0.5, 0.6) is 0 Å². The van der Waals surface area contributed by atoms with Gasteiger partial charge in [-0.2, -0.15) is 5.26 Å². The van der Waals surface area contributed by atoms with Gasteiger partial charge in [0.2, 0.25) is 0 Å². The van der Waals surface area contributed by atoms with Crippen LogP contribution in [-0.2, 0) is 6.54 Å². The highest BCUT2D eigenvalue weighted by Gasteiger charge is 2.00. The zero-order chi connectivity index (χ0) is 13.5. The van der Waals surface area contributed by atoms with Crippen molar-refractivity contribution in [2.75, 3.05) is 17.2 Å². The molecule has 0 radical (unpaired) electrons. The van der Waals surface area contributed by atoms with Crippen molar-refractivity contribution in [3.05, 3.63) is 47.8 Å². The molecule has 19 heavy (non-hydrogen) atoms. The summed E-state index contributed by atoms with van der Waals surface area (Å²) in [6.45, 7) is 3.02. The van der Waals surface area contributed by atoms with Crippen LogP contribution in [0.25, 0.3) is 0 Å². The molecular formula is C14H15N5. The zero-order valence-corrected chi connectivity index (χ0v) is 10.7. The SMILES string of the molecule is Cc1ccccc1CNc1cc(NCC#N)ncn1. The fourth-order valence-corrected chi connectivity index (χ4v) is 1.67. The smallest absolute Gasteiger partial charge is 0.132 e. The second kappa shape index (κ2) is 6.36. The minimum absolute atomic E-state index is 0.230. The number of anilines is 2. The van der Waals surface area contributed by atoms with E-state index in [-0.39, 0.29) is 6.54 Å². The van der Waals surface area contributed by atoms with E-state index in [0.29, 0.717) is 12.4 Å². The molecule has 2 rings (SSSR count). The first kappa shape index (κ1) is 12.8. The number of benzene rings is 1. The minimum atomic E-state index is 0.230. The molecule has 1 aromatic heterocycles. The molecule has 0 spiro atoms. The molecule has 0 unspecified atom stereocenters. The third-order valence-electron chi connectivity index (χ3n) is 2.74. The molecule has 0 atom stereocenters. The molecule has 0 aliphatic heterocycles. The fourth-order valence-electron chi connectivity index (χ4n) is 1.67. The molecule has 1 heterocycles. The summed E-state index contributed by atoms with van der Waals surface area (Å²) < 4.78 is 0. The first-order chi connectivity index (χ1) is 9.29. The predicted molar refractivity (Wildman–Crippen MR) is 74.6 cm³/mol. The number of hydrogen-bond acceptors (Lipinski definition) is 5.